The zero-order valence-corrected chi connectivity index (χ0v) is 11.4. The smallest absolute Gasteiger partial charge is 0.176 e. The van der Waals surface area contributed by atoms with E-state index in [4.69, 9.17) is 4.74 Å². The van der Waals surface area contributed by atoms with Gasteiger partial charge in [-0.3, -0.25) is 4.79 Å². The molecule has 0 saturated heterocycles. The van der Waals surface area contributed by atoms with Crippen LogP contribution in [0.5, 0.6) is 5.75 Å². The molecule has 100 valence electrons. The molecule has 0 unspecified atom stereocenters. The maximum Gasteiger partial charge on any atom is 0.176 e. The number of nitrogens with one attached hydrogen (secondary N) is 1. The van der Waals surface area contributed by atoms with Crippen LogP contribution in [0.15, 0.2) is 24.3 Å². The molecule has 1 aromatic carbocycles. The second kappa shape index (κ2) is 7.84. The molecule has 0 spiro atoms. The summed E-state index contributed by atoms with van der Waals surface area (Å²) in [6.07, 6.45) is 1.04. The van der Waals surface area contributed by atoms with Crippen molar-refractivity contribution in [2.45, 2.75) is 6.42 Å². The number of carbonyl (C=O) groups is 1. The zero-order chi connectivity index (χ0) is 13.4. The molecule has 0 fully saturated rings. The number of ketones is 1. The predicted octanol–water partition coefficient (Wildman–Crippen LogP) is 1.42. The number of hydrogen-bond acceptors (Lipinski definition) is 4. The van der Waals surface area contributed by atoms with Gasteiger partial charge in [0.1, 0.15) is 5.75 Å². The van der Waals surface area contributed by atoms with Crippen LogP contribution in [0.4, 0.5) is 0 Å². The van der Waals surface area contributed by atoms with Crippen molar-refractivity contribution in [1.29, 1.82) is 0 Å². The van der Waals surface area contributed by atoms with Gasteiger partial charge in [-0.25, -0.2) is 0 Å². The van der Waals surface area contributed by atoms with Crippen LogP contribution in [0.2, 0.25) is 0 Å². The van der Waals surface area contributed by atoms with Gasteiger partial charge < -0.3 is 15.0 Å². The van der Waals surface area contributed by atoms with Gasteiger partial charge in [0, 0.05) is 5.56 Å². The van der Waals surface area contributed by atoms with Crippen molar-refractivity contribution in [3.63, 3.8) is 0 Å². The highest BCUT2D eigenvalue weighted by Gasteiger charge is 2.04. The minimum absolute atomic E-state index is 0.113. The molecule has 1 rings (SSSR count). The van der Waals surface area contributed by atoms with Crippen molar-refractivity contribution in [2.24, 2.45) is 0 Å². The molecule has 18 heavy (non-hydrogen) atoms. The molecule has 0 saturated carbocycles. The standard InChI is InChI=1S/C14H22N2O2/c1-16(2)10-4-9-15-11-14(17)12-5-7-13(18-3)8-6-12/h5-8,15H,4,9-11H2,1-3H3. The fourth-order valence-electron chi connectivity index (χ4n) is 1.60. The summed E-state index contributed by atoms with van der Waals surface area (Å²) in [6, 6.07) is 7.20. The quantitative estimate of drug-likeness (QED) is 0.559. The molecule has 4 nitrogen and oxygen atoms in total. The molecule has 0 aliphatic rings. The Kier molecular flexibility index (Phi) is 6.39. The summed E-state index contributed by atoms with van der Waals surface area (Å²) in [6.45, 7) is 2.28. The van der Waals surface area contributed by atoms with Crippen LogP contribution in [-0.2, 0) is 0 Å². The summed E-state index contributed by atoms with van der Waals surface area (Å²) in [4.78, 5) is 14.0. The second-order valence-electron chi connectivity index (χ2n) is 4.49. The first-order valence-electron chi connectivity index (χ1n) is 6.16. The molecule has 0 aliphatic carbocycles. The van der Waals surface area contributed by atoms with E-state index in [0.29, 0.717) is 6.54 Å². The number of hydrogen-bond donors (Lipinski definition) is 1. The largest absolute Gasteiger partial charge is 0.497 e. The average molecular weight is 250 g/mol. The van der Waals surface area contributed by atoms with E-state index in [1.54, 1.807) is 31.4 Å². The van der Waals surface area contributed by atoms with Gasteiger partial charge in [-0.1, -0.05) is 0 Å². The van der Waals surface area contributed by atoms with Crippen LogP contribution in [0, 0.1) is 0 Å². The topological polar surface area (TPSA) is 41.6 Å². The Bertz CT molecular complexity index is 361. The summed E-state index contributed by atoms with van der Waals surface area (Å²) in [5.41, 5.74) is 0.718. The number of Topliss-reactive ketones (excluding diaryl/α,β-unsaturated/α-hetero) is 1. The lowest BCUT2D eigenvalue weighted by atomic mass is 10.1. The van der Waals surface area contributed by atoms with E-state index in [2.05, 4.69) is 10.2 Å². The van der Waals surface area contributed by atoms with Gasteiger partial charge in [0.05, 0.1) is 13.7 Å². The number of nitrogens with zero attached hydrogens (tertiary/aromatic N) is 1. The first-order chi connectivity index (χ1) is 8.63. The molecule has 0 aromatic heterocycles. The Labute approximate surface area is 109 Å². The number of methoxy groups -OCH3 is 1. The van der Waals surface area contributed by atoms with Gasteiger partial charge in [-0.15, -0.1) is 0 Å². The fraction of sp³-hybridized carbons (Fsp3) is 0.500. The Morgan fingerprint density at radius 2 is 1.94 bits per heavy atom. The van der Waals surface area contributed by atoms with Crippen LogP contribution in [0.3, 0.4) is 0 Å². The maximum atomic E-state index is 11.8. The van der Waals surface area contributed by atoms with Crippen LogP contribution in [0.25, 0.3) is 0 Å². The maximum absolute atomic E-state index is 11.8. The molecular formula is C14H22N2O2. The van der Waals surface area contributed by atoms with Crippen molar-refractivity contribution in [1.82, 2.24) is 10.2 Å². The summed E-state index contributed by atoms with van der Waals surface area (Å²) in [5.74, 6) is 0.882. The highest BCUT2D eigenvalue weighted by Crippen LogP contribution is 2.11. The van der Waals surface area contributed by atoms with Gasteiger partial charge in [0.2, 0.25) is 0 Å². The normalized spacial score (nSPS) is 10.7. The summed E-state index contributed by atoms with van der Waals surface area (Å²) in [5, 5.41) is 3.16. The van der Waals surface area contributed by atoms with E-state index in [0.717, 1.165) is 30.8 Å². The lowest BCUT2D eigenvalue weighted by molar-refractivity contribution is 0.0991. The van der Waals surface area contributed by atoms with E-state index >= 15 is 0 Å². The van der Waals surface area contributed by atoms with Gasteiger partial charge in [0.25, 0.3) is 0 Å². The third-order valence-corrected chi connectivity index (χ3v) is 2.66. The van der Waals surface area contributed by atoms with Crippen LogP contribution in [0.1, 0.15) is 16.8 Å². The van der Waals surface area contributed by atoms with Crippen molar-refractivity contribution in [3.05, 3.63) is 29.8 Å². The van der Waals surface area contributed by atoms with Crippen molar-refractivity contribution >= 4 is 5.78 Å². The lowest BCUT2D eigenvalue weighted by Crippen LogP contribution is -2.26. The van der Waals surface area contributed by atoms with E-state index in [-0.39, 0.29) is 5.78 Å². The fourth-order valence-corrected chi connectivity index (χ4v) is 1.60. The van der Waals surface area contributed by atoms with E-state index in [1.165, 1.54) is 0 Å². The molecule has 0 aliphatic heterocycles. The molecule has 1 aromatic rings. The molecule has 1 N–H and O–H groups in total. The Hall–Kier alpha value is -1.39. The van der Waals surface area contributed by atoms with Gasteiger partial charge in [-0.2, -0.15) is 0 Å². The minimum Gasteiger partial charge on any atom is -0.497 e. The molecule has 4 heteroatoms. The van der Waals surface area contributed by atoms with Crippen LogP contribution < -0.4 is 10.1 Å². The van der Waals surface area contributed by atoms with Crippen molar-refractivity contribution < 1.29 is 9.53 Å². The van der Waals surface area contributed by atoms with Crippen molar-refractivity contribution in [3.8, 4) is 5.75 Å². The van der Waals surface area contributed by atoms with E-state index in [1.807, 2.05) is 14.1 Å². The lowest BCUT2D eigenvalue weighted by Gasteiger charge is -2.09. The molecule has 0 atom stereocenters. The average Bonchev–Trinajstić information content (AvgIpc) is 2.38. The third-order valence-electron chi connectivity index (χ3n) is 2.66. The first-order valence-corrected chi connectivity index (χ1v) is 6.16. The van der Waals surface area contributed by atoms with Crippen LogP contribution in [-0.4, -0.2) is 51.5 Å². The Morgan fingerprint density at radius 3 is 2.50 bits per heavy atom. The highest BCUT2D eigenvalue weighted by molar-refractivity contribution is 5.97. The molecule has 0 amide bonds. The second-order valence-corrected chi connectivity index (χ2v) is 4.49. The van der Waals surface area contributed by atoms with Crippen LogP contribution >= 0.6 is 0 Å². The monoisotopic (exact) mass is 250 g/mol. The van der Waals surface area contributed by atoms with Gasteiger partial charge >= 0.3 is 0 Å². The number of benzene rings is 1. The summed E-state index contributed by atoms with van der Waals surface area (Å²) in [7, 11) is 5.70. The molecule has 0 heterocycles. The number of carbonyl (C=O) groups excluding carboxylic acids is 1. The minimum atomic E-state index is 0.113. The van der Waals surface area contributed by atoms with Gasteiger partial charge in [0.15, 0.2) is 5.78 Å². The first kappa shape index (κ1) is 14.7. The zero-order valence-electron chi connectivity index (χ0n) is 11.4. The predicted molar refractivity (Wildman–Crippen MR) is 73.4 cm³/mol. The number of ether oxygens (including phenoxy) is 1. The summed E-state index contributed by atoms with van der Waals surface area (Å²) >= 11 is 0. The molecule has 0 radical (unpaired) electrons. The Balaban J connectivity index is 2.27. The third kappa shape index (κ3) is 5.29. The number of rotatable bonds is 8. The van der Waals surface area contributed by atoms with E-state index < -0.39 is 0 Å². The molecule has 0 bridgehead atoms. The van der Waals surface area contributed by atoms with Crippen molar-refractivity contribution in [2.75, 3.05) is 40.8 Å². The van der Waals surface area contributed by atoms with Gasteiger partial charge in [-0.05, 0) is 57.9 Å². The Morgan fingerprint density at radius 1 is 1.28 bits per heavy atom. The molecular weight excluding hydrogens is 228 g/mol. The SMILES string of the molecule is COc1ccc(C(=O)CNCCCN(C)C)cc1. The van der Waals surface area contributed by atoms with E-state index in [9.17, 15) is 4.79 Å². The summed E-state index contributed by atoms with van der Waals surface area (Å²) < 4.78 is 5.05. The highest BCUT2D eigenvalue weighted by atomic mass is 16.5.